The Balaban J connectivity index is 2.80. The molecular formula is C5H9F3N2O3S. The third-order valence-electron chi connectivity index (χ3n) is 1.80. The lowest BCUT2D eigenvalue weighted by Gasteiger charge is -2.14. The third-order valence-corrected chi connectivity index (χ3v) is 2.90. The summed E-state index contributed by atoms with van der Waals surface area (Å²) in [5.74, 6) is 0. The first kappa shape index (κ1) is 11.7. The number of alkyl halides is 3. The van der Waals surface area contributed by atoms with Crippen molar-refractivity contribution in [1.29, 1.82) is 0 Å². The second-order valence-corrected chi connectivity index (χ2v) is 4.38. The molecule has 2 atom stereocenters. The summed E-state index contributed by atoms with van der Waals surface area (Å²) in [5, 5.41) is 4.69. The molecule has 0 aliphatic carbocycles. The van der Waals surface area contributed by atoms with Gasteiger partial charge < -0.3 is 4.74 Å². The number of hydrogen-bond donors (Lipinski definition) is 1. The Kier molecular flexibility index (Phi) is 2.78. The quantitative estimate of drug-likeness (QED) is 0.682. The largest absolute Gasteiger partial charge is 0.416 e. The highest BCUT2D eigenvalue weighted by molar-refractivity contribution is 7.86. The van der Waals surface area contributed by atoms with Gasteiger partial charge in [0, 0.05) is 0 Å². The average Bonchev–Trinajstić information content (AvgIpc) is 2.27. The molecule has 2 N–H and O–H groups in total. The van der Waals surface area contributed by atoms with E-state index in [1.807, 2.05) is 0 Å². The van der Waals surface area contributed by atoms with E-state index in [9.17, 15) is 21.6 Å². The molecule has 9 heteroatoms. The zero-order chi connectivity index (χ0) is 11.1. The molecule has 0 bridgehead atoms. The topological polar surface area (TPSA) is 72.6 Å². The van der Waals surface area contributed by atoms with Crippen molar-refractivity contribution in [3.8, 4) is 0 Å². The molecule has 0 spiro atoms. The Bertz CT molecular complexity index is 315. The molecule has 0 saturated carbocycles. The zero-order valence-corrected chi connectivity index (χ0v) is 7.97. The van der Waals surface area contributed by atoms with E-state index >= 15 is 0 Å². The Labute approximate surface area is 78.8 Å². The lowest BCUT2D eigenvalue weighted by Crippen LogP contribution is -2.40. The molecule has 84 valence electrons. The highest BCUT2D eigenvalue weighted by atomic mass is 32.2. The monoisotopic (exact) mass is 234 g/mol. The summed E-state index contributed by atoms with van der Waals surface area (Å²) in [6.07, 6.45) is -7.86. The molecule has 2 unspecified atom stereocenters. The van der Waals surface area contributed by atoms with E-state index in [4.69, 9.17) is 0 Å². The van der Waals surface area contributed by atoms with E-state index in [0.717, 1.165) is 0 Å². The normalized spacial score (nSPS) is 30.9. The minimum Gasteiger partial charge on any atom is -0.348 e. The van der Waals surface area contributed by atoms with Crippen molar-refractivity contribution in [1.82, 2.24) is 4.31 Å². The van der Waals surface area contributed by atoms with Gasteiger partial charge in [0.25, 0.3) is 10.2 Å². The Morgan fingerprint density at radius 3 is 2.21 bits per heavy atom. The molecule has 5 nitrogen and oxygen atoms in total. The molecule has 0 aromatic rings. The van der Waals surface area contributed by atoms with E-state index in [-0.39, 0.29) is 0 Å². The smallest absolute Gasteiger partial charge is 0.348 e. The van der Waals surface area contributed by atoms with Crippen LogP contribution in [0.2, 0.25) is 0 Å². The number of rotatable bonds is 1. The van der Waals surface area contributed by atoms with Crippen LogP contribution in [0.4, 0.5) is 13.2 Å². The maximum absolute atomic E-state index is 12.1. The highest BCUT2D eigenvalue weighted by Gasteiger charge is 2.50. The summed E-state index contributed by atoms with van der Waals surface area (Å²) >= 11 is 0. The second-order valence-electron chi connectivity index (χ2n) is 2.88. The van der Waals surface area contributed by atoms with Gasteiger partial charge >= 0.3 is 6.18 Å². The fourth-order valence-electron chi connectivity index (χ4n) is 1.15. The van der Waals surface area contributed by atoms with Gasteiger partial charge in [0.15, 0.2) is 6.10 Å². The molecule has 0 amide bonds. The van der Waals surface area contributed by atoms with Crippen molar-refractivity contribution in [2.24, 2.45) is 5.14 Å². The van der Waals surface area contributed by atoms with E-state index in [2.05, 4.69) is 9.88 Å². The van der Waals surface area contributed by atoms with Gasteiger partial charge in [0.2, 0.25) is 0 Å². The van der Waals surface area contributed by atoms with E-state index < -0.39 is 35.3 Å². The fourth-order valence-corrected chi connectivity index (χ4v) is 1.96. The van der Waals surface area contributed by atoms with Gasteiger partial charge in [-0.3, -0.25) is 0 Å². The van der Waals surface area contributed by atoms with Crippen molar-refractivity contribution in [3.63, 3.8) is 0 Å². The number of hydrogen-bond acceptors (Lipinski definition) is 3. The van der Waals surface area contributed by atoms with Crippen LogP contribution in [-0.4, -0.2) is 37.8 Å². The van der Waals surface area contributed by atoms with E-state index in [1.54, 1.807) is 0 Å². The molecule has 1 heterocycles. The van der Waals surface area contributed by atoms with Crippen LogP contribution >= 0.6 is 0 Å². The molecule has 1 aliphatic rings. The van der Waals surface area contributed by atoms with Crippen LogP contribution in [-0.2, 0) is 14.9 Å². The Morgan fingerprint density at radius 1 is 1.50 bits per heavy atom. The Hall–Kier alpha value is -0.380. The summed E-state index contributed by atoms with van der Waals surface area (Å²) in [6, 6.07) is 0. The van der Waals surface area contributed by atoms with Crippen LogP contribution in [0.1, 0.15) is 6.92 Å². The van der Waals surface area contributed by atoms with Gasteiger partial charge in [-0.1, -0.05) is 0 Å². The molecule has 0 aromatic heterocycles. The van der Waals surface area contributed by atoms with Crippen molar-refractivity contribution in [2.75, 3.05) is 6.54 Å². The third kappa shape index (κ3) is 2.35. The molecule has 1 fully saturated rings. The summed E-state index contributed by atoms with van der Waals surface area (Å²) in [7, 11) is -4.14. The molecule has 14 heavy (non-hydrogen) atoms. The molecule has 1 aliphatic heterocycles. The standard InChI is InChI=1S/C5H9F3N2O3S/c1-3-10(14(9,11)12)2-4(13-3)5(6,7)8/h3-4H,2H2,1H3,(H2,9,11,12). The second kappa shape index (κ2) is 3.33. The van der Waals surface area contributed by atoms with Gasteiger partial charge in [-0.15, -0.1) is 0 Å². The average molecular weight is 234 g/mol. The van der Waals surface area contributed by atoms with Crippen molar-refractivity contribution < 1.29 is 26.3 Å². The molecule has 0 radical (unpaired) electrons. The predicted octanol–water partition coefficient (Wildman–Crippen LogP) is -0.201. The lowest BCUT2D eigenvalue weighted by molar-refractivity contribution is -0.210. The van der Waals surface area contributed by atoms with Crippen LogP contribution in [0, 0.1) is 0 Å². The van der Waals surface area contributed by atoms with Crippen LogP contribution < -0.4 is 5.14 Å². The van der Waals surface area contributed by atoms with Gasteiger partial charge in [-0.05, 0) is 6.92 Å². The van der Waals surface area contributed by atoms with Crippen LogP contribution in [0.15, 0.2) is 0 Å². The summed E-state index contributed by atoms with van der Waals surface area (Å²) in [4.78, 5) is 0. The van der Waals surface area contributed by atoms with Crippen molar-refractivity contribution in [3.05, 3.63) is 0 Å². The minimum absolute atomic E-state index is 0.463. The Morgan fingerprint density at radius 2 is 2.00 bits per heavy atom. The van der Waals surface area contributed by atoms with Gasteiger partial charge in [0.1, 0.15) is 6.23 Å². The molecule has 1 rings (SSSR count). The minimum atomic E-state index is -4.58. The first-order chi connectivity index (χ1) is 6.12. The van der Waals surface area contributed by atoms with Gasteiger partial charge in [-0.25, -0.2) is 5.14 Å². The van der Waals surface area contributed by atoms with Crippen LogP contribution in [0.5, 0.6) is 0 Å². The predicted molar refractivity (Wildman–Crippen MR) is 40.2 cm³/mol. The number of nitrogens with zero attached hydrogens (tertiary/aromatic N) is 1. The first-order valence-corrected chi connectivity index (χ1v) is 5.14. The van der Waals surface area contributed by atoms with Gasteiger partial charge in [0.05, 0.1) is 6.54 Å². The molecular weight excluding hydrogens is 225 g/mol. The maximum Gasteiger partial charge on any atom is 0.416 e. The number of nitrogens with two attached hydrogens (primary N) is 1. The van der Waals surface area contributed by atoms with Crippen LogP contribution in [0.25, 0.3) is 0 Å². The van der Waals surface area contributed by atoms with E-state index in [1.165, 1.54) is 6.92 Å². The molecule has 1 saturated heterocycles. The number of ether oxygens (including phenoxy) is 1. The summed E-state index contributed by atoms with van der Waals surface area (Å²) in [5.41, 5.74) is 0. The molecule has 0 aromatic carbocycles. The summed E-state index contributed by atoms with van der Waals surface area (Å²) < 4.78 is 62.7. The zero-order valence-electron chi connectivity index (χ0n) is 7.15. The van der Waals surface area contributed by atoms with Crippen molar-refractivity contribution in [2.45, 2.75) is 25.4 Å². The maximum atomic E-state index is 12.1. The number of halogens is 3. The van der Waals surface area contributed by atoms with Gasteiger partial charge in [-0.2, -0.15) is 25.9 Å². The first-order valence-electron chi connectivity index (χ1n) is 3.64. The highest BCUT2D eigenvalue weighted by Crippen LogP contribution is 2.30. The summed E-state index contributed by atoms with van der Waals surface area (Å²) in [6.45, 7) is 0.402. The fraction of sp³-hybridized carbons (Fsp3) is 1.00. The SMILES string of the molecule is CC1OC(C(F)(F)F)CN1S(N)(=O)=O. The van der Waals surface area contributed by atoms with E-state index in [0.29, 0.717) is 4.31 Å². The van der Waals surface area contributed by atoms with Crippen LogP contribution in [0.3, 0.4) is 0 Å². The lowest BCUT2D eigenvalue weighted by atomic mass is 10.4. The van der Waals surface area contributed by atoms with Crippen molar-refractivity contribution >= 4 is 10.2 Å².